The number of esters is 2. The molecule has 136 valence electrons. The third-order valence-corrected chi connectivity index (χ3v) is 6.85. The zero-order valence-corrected chi connectivity index (χ0v) is 15.3. The van der Waals surface area contributed by atoms with Crippen LogP contribution in [0.3, 0.4) is 0 Å². The molecular weight excluding hydrogens is 344 g/mol. The van der Waals surface area contributed by atoms with E-state index in [2.05, 4.69) is 0 Å². The maximum atomic E-state index is 13.1. The first-order chi connectivity index (χ1) is 11.9. The van der Waals surface area contributed by atoms with Crippen LogP contribution < -0.4 is 0 Å². The van der Waals surface area contributed by atoms with Crippen molar-refractivity contribution in [1.29, 1.82) is 0 Å². The summed E-state index contributed by atoms with van der Waals surface area (Å²) < 4.78 is 35.9. The molecule has 1 fully saturated rings. The lowest BCUT2D eigenvalue weighted by atomic mass is 9.69. The van der Waals surface area contributed by atoms with Crippen LogP contribution in [0.25, 0.3) is 0 Å². The third kappa shape index (κ3) is 3.08. The SMILES string of the molecule is C/C=C1/C(S(=O)(=O)c2ccccc2)CCCC1(C(=O)OC)C(=O)OC. The Kier molecular flexibility index (Phi) is 5.67. The van der Waals surface area contributed by atoms with Gasteiger partial charge in [-0.25, -0.2) is 8.42 Å². The largest absolute Gasteiger partial charge is 0.468 e. The predicted octanol–water partition coefficient (Wildman–Crippen LogP) is 2.29. The van der Waals surface area contributed by atoms with Gasteiger partial charge in [0, 0.05) is 0 Å². The van der Waals surface area contributed by atoms with Gasteiger partial charge in [-0.15, -0.1) is 0 Å². The molecule has 1 aromatic rings. The van der Waals surface area contributed by atoms with Crippen LogP contribution in [0.5, 0.6) is 0 Å². The first-order valence-electron chi connectivity index (χ1n) is 7.98. The van der Waals surface area contributed by atoms with Crippen molar-refractivity contribution < 1.29 is 27.5 Å². The normalized spacial score (nSPS) is 21.6. The summed E-state index contributed by atoms with van der Waals surface area (Å²) in [6.45, 7) is 1.62. The number of carbonyl (C=O) groups excluding carboxylic acids is 2. The molecule has 0 heterocycles. The summed E-state index contributed by atoms with van der Waals surface area (Å²) in [6, 6.07) is 8.02. The molecule has 0 N–H and O–H groups in total. The molecule has 0 aliphatic heterocycles. The summed E-state index contributed by atoms with van der Waals surface area (Å²) in [5.74, 6) is -1.58. The van der Waals surface area contributed by atoms with Crippen molar-refractivity contribution in [2.24, 2.45) is 5.41 Å². The second-order valence-corrected chi connectivity index (χ2v) is 8.00. The fourth-order valence-electron chi connectivity index (χ4n) is 3.53. The van der Waals surface area contributed by atoms with Crippen LogP contribution in [-0.4, -0.2) is 39.8 Å². The minimum absolute atomic E-state index is 0.157. The van der Waals surface area contributed by atoms with Crippen LogP contribution in [-0.2, 0) is 28.9 Å². The molecule has 1 aliphatic rings. The number of benzene rings is 1. The van der Waals surface area contributed by atoms with Crippen molar-refractivity contribution in [3.8, 4) is 0 Å². The van der Waals surface area contributed by atoms with E-state index in [4.69, 9.17) is 9.47 Å². The minimum Gasteiger partial charge on any atom is -0.468 e. The Hall–Kier alpha value is -2.15. The molecule has 1 atom stereocenters. The third-order valence-electron chi connectivity index (χ3n) is 4.68. The van der Waals surface area contributed by atoms with E-state index in [1.54, 1.807) is 25.1 Å². The molecule has 2 rings (SSSR count). The number of ether oxygens (including phenoxy) is 2. The first kappa shape index (κ1) is 19.2. The quantitative estimate of drug-likeness (QED) is 0.462. The van der Waals surface area contributed by atoms with E-state index in [0.29, 0.717) is 12.8 Å². The molecule has 1 aromatic carbocycles. The monoisotopic (exact) mass is 366 g/mol. The van der Waals surface area contributed by atoms with Crippen LogP contribution in [0.15, 0.2) is 46.9 Å². The van der Waals surface area contributed by atoms with E-state index in [1.807, 2.05) is 0 Å². The molecule has 0 aromatic heterocycles. The van der Waals surface area contributed by atoms with Gasteiger partial charge in [0.15, 0.2) is 15.3 Å². The van der Waals surface area contributed by atoms with Gasteiger partial charge < -0.3 is 9.47 Å². The molecule has 1 unspecified atom stereocenters. The number of hydrogen-bond donors (Lipinski definition) is 0. The van der Waals surface area contributed by atoms with E-state index < -0.39 is 32.4 Å². The van der Waals surface area contributed by atoms with Crippen LogP contribution in [0, 0.1) is 5.41 Å². The molecule has 1 aliphatic carbocycles. The van der Waals surface area contributed by atoms with Gasteiger partial charge in [-0.1, -0.05) is 24.3 Å². The topological polar surface area (TPSA) is 86.7 Å². The highest BCUT2D eigenvalue weighted by molar-refractivity contribution is 7.92. The zero-order chi connectivity index (χ0) is 18.7. The number of hydrogen-bond acceptors (Lipinski definition) is 6. The fourth-order valence-corrected chi connectivity index (χ4v) is 5.54. The van der Waals surface area contributed by atoms with Crippen molar-refractivity contribution in [1.82, 2.24) is 0 Å². The Bertz CT molecular complexity index is 763. The van der Waals surface area contributed by atoms with Gasteiger partial charge >= 0.3 is 11.9 Å². The highest BCUT2D eigenvalue weighted by Gasteiger charge is 2.57. The van der Waals surface area contributed by atoms with Crippen LogP contribution in [0.4, 0.5) is 0 Å². The van der Waals surface area contributed by atoms with E-state index >= 15 is 0 Å². The van der Waals surface area contributed by atoms with E-state index in [0.717, 1.165) is 0 Å². The van der Waals surface area contributed by atoms with Gasteiger partial charge in [0.25, 0.3) is 0 Å². The average Bonchev–Trinajstić information content (AvgIpc) is 2.66. The second-order valence-electron chi connectivity index (χ2n) is 5.87. The number of methoxy groups -OCH3 is 2. The molecule has 1 saturated carbocycles. The zero-order valence-electron chi connectivity index (χ0n) is 14.5. The Morgan fingerprint density at radius 1 is 1.12 bits per heavy atom. The second kappa shape index (κ2) is 7.39. The summed E-state index contributed by atoms with van der Waals surface area (Å²) in [4.78, 5) is 25.2. The summed E-state index contributed by atoms with van der Waals surface area (Å²) in [5, 5.41) is -0.980. The van der Waals surface area contributed by atoms with Crippen molar-refractivity contribution in [2.75, 3.05) is 14.2 Å². The molecule has 25 heavy (non-hydrogen) atoms. The lowest BCUT2D eigenvalue weighted by Crippen LogP contribution is -2.50. The van der Waals surface area contributed by atoms with E-state index in [-0.39, 0.29) is 16.9 Å². The maximum Gasteiger partial charge on any atom is 0.327 e. The molecule has 6 nitrogen and oxygen atoms in total. The van der Waals surface area contributed by atoms with Gasteiger partial charge in [-0.05, 0) is 43.9 Å². The van der Waals surface area contributed by atoms with Crippen LogP contribution in [0.1, 0.15) is 26.2 Å². The summed E-state index contributed by atoms with van der Waals surface area (Å²) in [5.41, 5.74) is -1.50. The number of rotatable bonds is 4. The van der Waals surface area contributed by atoms with Crippen molar-refractivity contribution in [2.45, 2.75) is 36.3 Å². The Morgan fingerprint density at radius 3 is 2.16 bits per heavy atom. The molecule has 0 spiro atoms. The highest BCUT2D eigenvalue weighted by Crippen LogP contribution is 2.46. The van der Waals surface area contributed by atoms with Gasteiger partial charge in [-0.2, -0.15) is 0 Å². The van der Waals surface area contributed by atoms with Crippen molar-refractivity contribution >= 4 is 21.8 Å². The minimum atomic E-state index is -3.76. The van der Waals surface area contributed by atoms with Crippen molar-refractivity contribution in [3.05, 3.63) is 42.0 Å². The standard InChI is InChI=1S/C18H22O6S/c1-4-14-15(25(21,22)13-9-6-5-7-10-13)11-8-12-18(14,16(19)23-2)17(20)24-3/h4-7,9-10,15H,8,11-12H2,1-3H3/b14-4-. The molecule has 0 amide bonds. The van der Waals surface area contributed by atoms with Crippen LogP contribution in [0.2, 0.25) is 0 Å². The Morgan fingerprint density at radius 2 is 1.68 bits per heavy atom. The van der Waals surface area contributed by atoms with Gasteiger partial charge in [0.2, 0.25) is 0 Å². The molecule has 7 heteroatoms. The molecule has 0 radical (unpaired) electrons. The number of sulfone groups is 1. The Labute approximate surface area is 147 Å². The lowest BCUT2D eigenvalue weighted by Gasteiger charge is -2.38. The molecule has 0 saturated heterocycles. The van der Waals surface area contributed by atoms with E-state index in [1.165, 1.54) is 32.4 Å². The first-order valence-corrected chi connectivity index (χ1v) is 9.53. The van der Waals surface area contributed by atoms with Crippen molar-refractivity contribution in [3.63, 3.8) is 0 Å². The van der Waals surface area contributed by atoms with Crippen LogP contribution >= 0.6 is 0 Å². The van der Waals surface area contributed by atoms with Gasteiger partial charge in [0.05, 0.1) is 24.4 Å². The molecular formula is C18H22O6S. The number of allylic oxidation sites excluding steroid dienone is 1. The van der Waals surface area contributed by atoms with E-state index in [9.17, 15) is 18.0 Å². The smallest absolute Gasteiger partial charge is 0.327 e. The summed E-state index contributed by atoms with van der Waals surface area (Å²) in [6.07, 6.45) is 2.40. The lowest BCUT2D eigenvalue weighted by molar-refractivity contribution is -0.167. The Balaban J connectivity index is 2.62. The maximum absolute atomic E-state index is 13.1. The fraction of sp³-hybridized carbons (Fsp3) is 0.444. The predicted molar refractivity (Wildman–Crippen MR) is 91.5 cm³/mol. The highest BCUT2D eigenvalue weighted by atomic mass is 32.2. The molecule has 0 bridgehead atoms. The summed E-state index contributed by atoms with van der Waals surface area (Å²) in [7, 11) is -1.41. The average molecular weight is 366 g/mol. The number of carbonyl (C=O) groups is 2. The van der Waals surface area contributed by atoms with Gasteiger partial charge in [-0.3, -0.25) is 9.59 Å². The van der Waals surface area contributed by atoms with Gasteiger partial charge in [0.1, 0.15) is 0 Å². The summed E-state index contributed by atoms with van der Waals surface area (Å²) >= 11 is 0.